The standard InChI is InChI=1S/C18H19ClF3N3O3/c1-10-14(11(2)28-24-10)9-27-17(26)12-3-5-25(6-4-12)16-15(19)7-13(8-23-16)18(20,21)22/h7-8,12H,3-6,9H2,1-2H3. The number of halogens is 4. The van der Waals surface area contributed by atoms with Crippen molar-refractivity contribution in [3.63, 3.8) is 0 Å². The van der Waals surface area contributed by atoms with Crippen molar-refractivity contribution in [2.24, 2.45) is 5.92 Å². The molecule has 0 amide bonds. The zero-order chi connectivity index (χ0) is 20.5. The molecule has 0 bridgehead atoms. The van der Waals surface area contributed by atoms with Gasteiger partial charge in [-0.15, -0.1) is 0 Å². The molecule has 3 heterocycles. The SMILES string of the molecule is Cc1noc(C)c1COC(=O)C1CCN(c2ncc(C(F)(F)F)cc2Cl)CC1. The van der Waals surface area contributed by atoms with E-state index in [9.17, 15) is 18.0 Å². The van der Waals surface area contributed by atoms with Crippen LogP contribution in [0.5, 0.6) is 0 Å². The Bertz CT molecular complexity index is 842. The normalized spacial score (nSPS) is 15.7. The van der Waals surface area contributed by atoms with Gasteiger partial charge in [-0.25, -0.2) is 4.98 Å². The molecule has 3 rings (SSSR count). The second-order valence-electron chi connectivity index (χ2n) is 6.70. The van der Waals surface area contributed by atoms with Crippen molar-refractivity contribution in [1.29, 1.82) is 0 Å². The molecule has 2 aromatic rings. The Labute approximate surface area is 164 Å². The Kier molecular flexibility index (Phi) is 5.83. The van der Waals surface area contributed by atoms with Gasteiger partial charge < -0.3 is 14.2 Å². The fourth-order valence-electron chi connectivity index (χ4n) is 3.11. The minimum Gasteiger partial charge on any atom is -0.460 e. The van der Waals surface area contributed by atoms with Crippen LogP contribution in [0.3, 0.4) is 0 Å². The second kappa shape index (κ2) is 7.98. The van der Waals surface area contributed by atoms with Gasteiger partial charge in [0.1, 0.15) is 18.2 Å². The molecule has 1 saturated heterocycles. The monoisotopic (exact) mass is 417 g/mol. The van der Waals surface area contributed by atoms with Crippen LogP contribution in [0.2, 0.25) is 5.02 Å². The first kappa shape index (κ1) is 20.4. The Morgan fingerprint density at radius 1 is 1.36 bits per heavy atom. The van der Waals surface area contributed by atoms with Crippen LogP contribution < -0.4 is 4.90 Å². The van der Waals surface area contributed by atoms with Gasteiger partial charge in [-0.05, 0) is 32.8 Å². The zero-order valence-electron chi connectivity index (χ0n) is 15.3. The lowest BCUT2D eigenvalue weighted by Gasteiger charge is -2.32. The van der Waals surface area contributed by atoms with Crippen molar-refractivity contribution in [1.82, 2.24) is 10.1 Å². The van der Waals surface area contributed by atoms with E-state index in [-0.39, 0.29) is 29.3 Å². The number of rotatable bonds is 4. The molecule has 0 aliphatic carbocycles. The maximum Gasteiger partial charge on any atom is 0.417 e. The number of carbonyl (C=O) groups is 1. The van der Waals surface area contributed by atoms with E-state index in [0.29, 0.717) is 37.4 Å². The summed E-state index contributed by atoms with van der Waals surface area (Å²) in [4.78, 5) is 18.0. The van der Waals surface area contributed by atoms with Gasteiger partial charge in [0, 0.05) is 19.3 Å². The zero-order valence-corrected chi connectivity index (χ0v) is 16.1. The first-order valence-electron chi connectivity index (χ1n) is 8.73. The average Bonchev–Trinajstić information content (AvgIpc) is 2.97. The van der Waals surface area contributed by atoms with E-state index in [1.165, 1.54) is 0 Å². The molecule has 1 aliphatic rings. The highest BCUT2D eigenvalue weighted by molar-refractivity contribution is 6.33. The quantitative estimate of drug-likeness (QED) is 0.690. The lowest BCUT2D eigenvalue weighted by Crippen LogP contribution is -2.37. The molecular formula is C18H19ClF3N3O3. The molecule has 28 heavy (non-hydrogen) atoms. The lowest BCUT2D eigenvalue weighted by atomic mass is 9.97. The number of carbonyl (C=O) groups excluding carboxylic acids is 1. The van der Waals surface area contributed by atoms with Crippen LogP contribution in [0.25, 0.3) is 0 Å². The summed E-state index contributed by atoms with van der Waals surface area (Å²) >= 11 is 5.99. The fourth-order valence-corrected chi connectivity index (χ4v) is 3.40. The van der Waals surface area contributed by atoms with Gasteiger partial charge >= 0.3 is 12.1 Å². The van der Waals surface area contributed by atoms with Crippen molar-refractivity contribution < 1.29 is 27.2 Å². The summed E-state index contributed by atoms with van der Waals surface area (Å²) in [6.45, 7) is 4.53. The van der Waals surface area contributed by atoms with Gasteiger partial charge in [-0.2, -0.15) is 13.2 Å². The molecule has 0 unspecified atom stereocenters. The fraction of sp³-hybridized carbons (Fsp3) is 0.500. The smallest absolute Gasteiger partial charge is 0.417 e. The summed E-state index contributed by atoms with van der Waals surface area (Å²) in [6.07, 6.45) is -2.72. The van der Waals surface area contributed by atoms with Crippen molar-refractivity contribution >= 4 is 23.4 Å². The number of anilines is 1. The Morgan fingerprint density at radius 3 is 2.57 bits per heavy atom. The minimum atomic E-state index is -4.49. The van der Waals surface area contributed by atoms with Gasteiger partial charge in [0.15, 0.2) is 0 Å². The highest BCUT2D eigenvalue weighted by Gasteiger charge is 2.33. The first-order valence-corrected chi connectivity index (χ1v) is 9.10. The van der Waals surface area contributed by atoms with Gasteiger partial charge in [0.05, 0.1) is 27.8 Å². The number of nitrogens with zero attached hydrogens (tertiary/aromatic N) is 3. The van der Waals surface area contributed by atoms with Gasteiger partial charge in [-0.1, -0.05) is 16.8 Å². The molecule has 0 saturated carbocycles. The molecule has 6 nitrogen and oxygen atoms in total. The van der Waals surface area contributed by atoms with Gasteiger partial charge in [-0.3, -0.25) is 4.79 Å². The largest absolute Gasteiger partial charge is 0.460 e. The van der Waals surface area contributed by atoms with E-state index in [0.717, 1.165) is 17.8 Å². The number of ether oxygens (including phenoxy) is 1. The summed E-state index contributed by atoms with van der Waals surface area (Å²) in [7, 11) is 0. The number of aromatic nitrogens is 2. The van der Waals surface area contributed by atoms with Crippen LogP contribution >= 0.6 is 11.6 Å². The second-order valence-corrected chi connectivity index (χ2v) is 7.11. The molecular weight excluding hydrogens is 399 g/mol. The predicted molar refractivity (Wildman–Crippen MR) is 95.0 cm³/mol. The van der Waals surface area contributed by atoms with Crippen LogP contribution in [0, 0.1) is 19.8 Å². The van der Waals surface area contributed by atoms with Crippen molar-refractivity contribution in [2.45, 2.75) is 39.5 Å². The number of hydrogen-bond donors (Lipinski definition) is 0. The summed E-state index contributed by atoms with van der Waals surface area (Å²) in [5, 5.41) is 3.76. The molecule has 0 atom stereocenters. The van der Waals surface area contributed by atoms with E-state index in [4.69, 9.17) is 20.9 Å². The maximum atomic E-state index is 12.7. The van der Waals surface area contributed by atoms with Crippen molar-refractivity contribution in [3.05, 3.63) is 39.9 Å². The first-order chi connectivity index (χ1) is 13.2. The number of pyridine rings is 1. The van der Waals surface area contributed by atoms with Crippen molar-refractivity contribution in [3.8, 4) is 0 Å². The van der Waals surface area contributed by atoms with Crippen LogP contribution in [0.1, 0.15) is 35.4 Å². The third kappa shape index (κ3) is 4.40. The molecule has 152 valence electrons. The molecule has 1 fully saturated rings. The predicted octanol–water partition coefficient (Wildman–Crippen LogP) is 4.32. The van der Waals surface area contributed by atoms with Crippen LogP contribution in [-0.4, -0.2) is 29.2 Å². The molecule has 0 aromatic carbocycles. The highest BCUT2D eigenvalue weighted by atomic mass is 35.5. The molecule has 0 N–H and O–H groups in total. The van der Waals surface area contributed by atoms with Gasteiger partial charge in [0.25, 0.3) is 0 Å². The van der Waals surface area contributed by atoms with Crippen LogP contribution in [0.4, 0.5) is 19.0 Å². The number of aryl methyl sites for hydroxylation is 2. The van der Waals surface area contributed by atoms with E-state index in [1.54, 1.807) is 18.7 Å². The van der Waals surface area contributed by atoms with E-state index >= 15 is 0 Å². The Morgan fingerprint density at radius 2 is 2.04 bits per heavy atom. The van der Waals surface area contributed by atoms with E-state index in [1.807, 2.05) is 0 Å². The third-order valence-corrected chi connectivity index (χ3v) is 5.10. The number of alkyl halides is 3. The molecule has 0 spiro atoms. The average molecular weight is 418 g/mol. The topological polar surface area (TPSA) is 68.5 Å². The molecule has 2 aromatic heterocycles. The highest BCUT2D eigenvalue weighted by Crippen LogP contribution is 2.34. The third-order valence-electron chi connectivity index (χ3n) is 4.82. The summed E-state index contributed by atoms with van der Waals surface area (Å²) in [6, 6.07) is 0.869. The van der Waals surface area contributed by atoms with Crippen LogP contribution in [0.15, 0.2) is 16.8 Å². The Balaban J connectivity index is 1.56. The molecule has 0 radical (unpaired) electrons. The Hall–Kier alpha value is -2.29. The number of piperidine rings is 1. The summed E-state index contributed by atoms with van der Waals surface area (Å²) < 4.78 is 48.6. The molecule has 10 heteroatoms. The number of hydrogen-bond acceptors (Lipinski definition) is 6. The van der Waals surface area contributed by atoms with Crippen molar-refractivity contribution in [2.75, 3.05) is 18.0 Å². The minimum absolute atomic E-state index is 0.0609. The maximum absolute atomic E-state index is 12.7. The van der Waals surface area contributed by atoms with E-state index in [2.05, 4.69) is 10.1 Å². The van der Waals surface area contributed by atoms with E-state index < -0.39 is 11.7 Å². The summed E-state index contributed by atoms with van der Waals surface area (Å²) in [5.74, 6) is 0.302. The lowest BCUT2D eigenvalue weighted by molar-refractivity contribution is -0.150. The van der Waals surface area contributed by atoms with Gasteiger partial charge in [0.2, 0.25) is 0 Å². The summed E-state index contributed by atoms with van der Waals surface area (Å²) in [5.41, 5.74) is 0.550. The molecule has 1 aliphatic heterocycles. The van der Waals surface area contributed by atoms with Crippen LogP contribution in [-0.2, 0) is 22.3 Å². The number of esters is 1.